The van der Waals surface area contributed by atoms with Gasteiger partial charge in [-0.25, -0.2) is 0 Å². The summed E-state index contributed by atoms with van der Waals surface area (Å²) in [5.41, 5.74) is 8.86. The number of benzene rings is 2. The van der Waals surface area contributed by atoms with E-state index in [0.717, 1.165) is 16.8 Å². The maximum atomic E-state index is 12.8. The van der Waals surface area contributed by atoms with Crippen molar-refractivity contribution in [2.45, 2.75) is 19.4 Å². The summed E-state index contributed by atoms with van der Waals surface area (Å²) < 4.78 is 0. The predicted molar refractivity (Wildman–Crippen MR) is 81.1 cm³/mol. The number of rotatable bonds is 2. The standard InChI is InChI=1S/C17H16N2O2/c1-11-6-8-12(9-7-11)17(21)19-14-5-3-2-4-13(14)10-15(19)16(18)20/h2-9,15H,10H2,1H3,(H2,18,20)/t15-/m1/s1. The van der Waals surface area contributed by atoms with Crippen LogP contribution in [0.3, 0.4) is 0 Å². The number of carbonyl (C=O) groups excluding carboxylic acids is 2. The molecule has 0 spiro atoms. The molecule has 0 radical (unpaired) electrons. The number of carbonyl (C=O) groups is 2. The number of nitrogens with zero attached hydrogens (tertiary/aromatic N) is 1. The van der Waals surface area contributed by atoms with E-state index in [1.165, 1.54) is 4.90 Å². The Morgan fingerprint density at radius 3 is 2.43 bits per heavy atom. The molecular weight excluding hydrogens is 264 g/mol. The fourth-order valence-corrected chi connectivity index (χ4v) is 2.70. The number of amides is 2. The van der Waals surface area contributed by atoms with Gasteiger partial charge in [0.1, 0.15) is 6.04 Å². The molecule has 1 heterocycles. The molecule has 1 aliphatic rings. The molecule has 0 aliphatic carbocycles. The van der Waals surface area contributed by atoms with Gasteiger partial charge >= 0.3 is 0 Å². The van der Waals surface area contributed by atoms with Gasteiger partial charge in [-0.2, -0.15) is 0 Å². The first-order valence-corrected chi connectivity index (χ1v) is 6.85. The summed E-state index contributed by atoms with van der Waals surface area (Å²) in [4.78, 5) is 26.0. The van der Waals surface area contributed by atoms with Crippen LogP contribution in [0.2, 0.25) is 0 Å². The lowest BCUT2D eigenvalue weighted by molar-refractivity contribution is -0.119. The molecule has 2 N–H and O–H groups in total. The highest BCUT2D eigenvalue weighted by molar-refractivity contribution is 6.11. The highest BCUT2D eigenvalue weighted by atomic mass is 16.2. The van der Waals surface area contributed by atoms with Gasteiger partial charge in [-0.1, -0.05) is 35.9 Å². The largest absolute Gasteiger partial charge is 0.368 e. The number of anilines is 1. The molecule has 0 bridgehead atoms. The monoisotopic (exact) mass is 280 g/mol. The third-order valence-electron chi connectivity index (χ3n) is 3.82. The summed E-state index contributed by atoms with van der Waals surface area (Å²) in [6.07, 6.45) is 0.475. The van der Waals surface area contributed by atoms with Gasteiger partial charge in [-0.05, 0) is 30.7 Å². The van der Waals surface area contributed by atoms with Crippen LogP contribution >= 0.6 is 0 Å². The molecule has 3 rings (SSSR count). The van der Waals surface area contributed by atoms with Crippen LogP contribution in [0.4, 0.5) is 5.69 Å². The number of nitrogens with two attached hydrogens (primary N) is 1. The average molecular weight is 280 g/mol. The summed E-state index contributed by atoms with van der Waals surface area (Å²) in [5, 5.41) is 0. The van der Waals surface area contributed by atoms with Crippen LogP contribution in [0.1, 0.15) is 21.5 Å². The molecule has 106 valence electrons. The SMILES string of the molecule is Cc1ccc(C(=O)N2c3ccccc3C[C@@H]2C(N)=O)cc1. The zero-order chi connectivity index (χ0) is 15.0. The molecule has 4 nitrogen and oxygen atoms in total. The number of aryl methyl sites for hydroxylation is 1. The number of hydrogen-bond donors (Lipinski definition) is 1. The number of hydrogen-bond acceptors (Lipinski definition) is 2. The van der Waals surface area contributed by atoms with E-state index >= 15 is 0 Å². The normalized spacial score (nSPS) is 16.6. The Labute approximate surface area is 123 Å². The maximum absolute atomic E-state index is 12.8. The molecule has 2 aromatic carbocycles. The van der Waals surface area contributed by atoms with E-state index in [1.807, 2.05) is 43.3 Å². The van der Waals surface area contributed by atoms with Crippen molar-refractivity contribution in [3.05, 3.63) is 65.2 Å². The molecule has 1 aliphatic heterocycles. The van der Waals surface area contributed by atoms with Crippen LogP contribution in [0.15, 0.2) is 48.5 Å². The van der Waals surface area contributed by atoms with E-state index in [-0.39, 0.29) is 5.91 Å². The Hall–Kier alpha value is -2.62. The van der Waals surface area contributed by atoms with E-state index in [2.05, 4.69) is 0 Å². The molecule has 0 saturated carbocycles. The number of primary amides is 1. The topological polar surface area (TPSA) is 63.4 Å². The van der Waals surface area contributed by atoms with Gasteiger partial charge in [0.15, 0.2) is 0 Å². The Kier molecular flexibility index (Phi) is 3.22. The fourth-order valence-electron chi connectivity index (χ4n) is 2.70. The molecule has 0 fully saturated rings. The minimum atomic E-state index is -0.615. The van der Waals surface area contributed by atoms with Gasteiger partial charge in [0, 0.05) is 17.7 Å². The molecule has 0 saturated heterocycles. The average Bonchev–Trinajstić information content (AvgIpc) is 2.87. The predicted octanol–water partition coefficient (Wildman–Crippen LogP) is 2.05. The third kappa shape index (κ3) is 2.29. The van der Waals surface area contributed by atoms with Crippen LogP contribution in [0, 0.1) is 6.92 Å². The Morgan fingerprint density at radius 2 is 1.76 bits per heavy atom. The highest BCUT2D eigenvalue weighted by Crippen LogP contribution is 2.33. The van der Waals surface area contributed by atoms with Gasteiger partial charge < -0.3 is 5.73 Å². The fraction of sp³-hybridized carbons (Fsp3) is 0.176. The molecule has 4 heteroatoms. The number of para-hydroxylation sites is 1. The summed E-state index contributed by atoms with van der Waals surface area (Å²) in [5.74, 6) is -0.671. The van der Waals surface area contributed by atoms with Crippen molar-refractivity contribution in [1.29, 1.82) is 0 Å². The van der Waals surface area contributed by atoms with Crippen molar-refractivity contribution in [1.82, 2.24) is 0 Å². The van der Waals surface area contributed by atoms with Gasteiger partial charge in [0.25, 0.3) is 5.91 Å². The Bertz CT molecular complexity index is 707. The van der Waals surface area contributed by atoms with E-state index in [1.54, 1.807) is 12.1 Å². The second kappa shape index (κ2) is 5.05. The zero-order valence-electron chi connectivity index (χ0n) is 11.7. The first-order chi connectivity index (χ1) is 10.1. The van der Waals surface area contributed by atoms with E-state index in [0.29, 0.717) is 12.0 Å². The van der Waals surface area contributed by atoms with Crippen LogP contribution in [-0.2, 0) is 11.2 Å². The van der Waals surface area contributed by atoms with Crippen molar-refractivity contribution in [2.24, 2.45) is 5.73 Å². The van der Waals surface area contributed by atoms with Gasteiger partial charge in [0.2, 0.25) is 5.91 Å². The van der Waals surface area contributed by atoms with Crippen molar-refractivity contribution in [3.63, 3.8) is 0 Å². The molecular formula is C17H16N2O2. The van der Waals surface area contributed by atoms with Gasteiger partial charge in [-0.3, -0.25) is 14.5 Å². The van der Waals surface area contributed by atoms with Crippen LogP contribution in [-0.4, -0.2) is 17.9 Å². The zero-order valence-corrected chi connectivity index (χ0v) is 11.7. The van der Waals surface area contributed by atoms with E-state index in [9.17, 15) is 9.59 Å². The molecule has 1 atom stereocenters. The summed E-state index contributed by atoms with van der Waals surface area (Å²) in [7, 11) is 0. The van der Waals surface area contributed by atoms with Gasteiger partial charge in [-0.15, -0.1) is 0 Å². The molecule has 2 aromatic rings. The van der Waals surface area contributed by atoms with Crippen molar-refractivity contribution in [2.75, 3.05) is 4.90 Å². The molecule has 0 unspecified atom stereocenters. The first-order valence-electron chi connectivity index (χ1n) is 6.85. The summed E-state index contributed by atoms with van der Waals surface area (Å²) >= 11 is 0. The minimum absolute atomic E-state index is 0.191. The number of fused-ring (bicyclic) bond motifs is 1. The lowest BCUT2D eigenvalue weighted by atomic mass is 10.1. The van der Waals surface area contributed by atoms with Crippen LogP contribution in [0.5, 0.6) is 0 Å². The molecule has 0 aromatic heterocycles. The van der Waals surface area contributed by atoms with Crippen LogP contribution < -0.4 is 10.6 Å². The Balaban J connectivity index is 2.03. The van der Waals surface area contributed by atoms with Crippen molar-refractivity contribution >= 4 is 17.5 Å². The maximum Gasteiger partial charge on any atom is 0.259 e. The van der Waals surface area contributed by atoms with Crippen LogP contribution in [0.25, 0.3) is 0 Å². The third-order valence-corrected chi connectivity index (χ3v) is 3.82. The highest BCUT2D eigenvalue weighted by Gasteiger charge is 2.37. The van der Waals surface area contributed by atoms with Crippen molar-refractivity contribution < 1.29 is 9.59 Å². The lowest BCUT2D eigenvalue weighted by Gasteiger charge is -2.23. The minimum Gasteiger partial charge on any atom is -0.368 e. The second-order valence-corrected chi connectivity index (χ2v) is 5.29. The summed E-state index contributed by atoms with van der Waals surface area (Å²) in [6, 6.07) is 14.2. The quantitative estimate of drug-likeness (QED) is 0.915. The van der Waals surface area contributed by atoms with E-state index in [4.69, 9.17) is 5.73 Å². The summed E-state index contributed by atoms with van der Waals surface area (Å²) in [6.45, 7) is 1.96. The first kappa shape index (κ1) is 13.4. The van der Waals surface area contributed by atoms with Gasteiger partial charge in [0.05, 0.1) is 0 Å². The molecule has 2 amide bonds. The van der Waals surface area contributed by atoms with E-state index < -0.39 is 11.9 Å². The second-order valence-electron chi connectivity index (χ2n) is 5.29. The Morgan fingerprint density at radius 1 is 1.10 bits per heavy atom. The van der Waals surface area contributed by atoms with Crippen molar-refractivity contribution in [3.8, 4) is 0 Å². The molecule has 21 heavy (non-hydrogen) atoms. The lowest BCUT2D eigenvalue weighted by Crippen LogP contribution is -2.46. The smallest absolute Gasteiger partial charge is 0.259 e.